The Balaban J connectivity index is 2.49. The van der Waals surface area contributed by atoms with E-state index in [-0.39, 0.29) is 10.8 Å². The van der Waals surface area contributed by atoms with Gasteiger partial charge in [0, 0.05) is 11.1 Å². The lowest BCUT2D eigenvalue weighted by atomic mass is 9.99. The normalized spacial score (nSPS) is 12.0. The Hall–Kier alpha value is -1.80. The number of fused-ring (bicyclic) bond motifs is 5. The third-order valence-electron chi connectivity index (χ3n) is 3.51. The van der Waals surface area contributed by atoms with Crippen LogP contribution in [0.25, 0.3) is 32.8 Å². The Morgan fingerprint density at radius 1 is 0.650 bits per heavy atom. The molecule has 0 bridgehead atoms. The van der Waals surface area contributed by atoms with Crippen molar-refractivity contribution in [3.05, 3.63) is 22.8 Å². The molecule has 4 rings (SSSR count). The highest BCUT2D eigenvalue weighted by Gasteiger charge is 2.23. The molecular formula is C12H6F2N4S2. The van der Waals surface area contributed by atoms with Crippen molar-refractivity contribution in [2.45, 2.75) is 13.8 Å². The van der Waals surface area contributed by atoms with E-state index in [0.29, 0.717) is 33.2 Å². The molecule has 0 amide bonds. The molecule has 0 saturated heterocycles. The van der Waals surface area contributed by atoms with E-state index in [9.17, 15) is 8.78 Å². The van der Waals surface area contributed by atoms with Crippen LogP contribution in [0.3, 0.4) is 0 Å². The summed E-state index contributed by atoms with van der Waals surface area (Å²) in [5.74, 6) is -1.01. The molecule has 2 aromatic carbocycles. The average Bonchev–Trinajstić information content (AvgIpc) is 3.08. The van der Waals surface area contributed by atoms with Gasteiger partial charge in [-0.2, -0.15) is 17.5 Å². The second-order valence-electron chi connectivity index (χ2n) is 4.55. The van der Waals surface area contributed by atoms with Gasteiger partial charge in [-0.15, -0.1) is 0 Å². The lowest BCUT2D eigenvalue weighted by Crippen LogP contribution is -1.96. The van der Waals surface area contributed by atoms with E-state index in [4.69, 9.17) is 0 Å². The van der Waals surface area contributed by atoms with Gasteiger partial charge < -0.3 is 0 Å². The molecule has 0 unspecified atom stereocenters. The minimum absolute atomic E-state index is 0.148. The van der Waals surface area contributed by atoms with Crippen LogP contribution in [-0.2, 0) is 0 Å². The van der Waals surface area contributed by atoms with E-state index in [1.54, 1.807) is 13.8 Å². The third-order valence-corrected chi connectivity index (χ3v) is 4.57. The van der Waals surface area contributed by atoms with E-state index >= 15 is 0 Å². The van der Waals surface area contributed by atoms with Crippen LogP contribution in [0.2, 0.25) is 0 Å². The zero-order valence-electron chi connectivity index (χ0n) is 10.4. The Kier molecular flexibility index (Phi) is 2.31. The van der Waals surface area contributed by atoms with Crippen LogP contribution in [0, 0.1) is 25.5 Å². The van der Waals surface area contributed by atoms with Gasteiger partial charge in [-0.1, -0.05) is 0 Å². The Morgan fingerprint density at radius 2 is 1.00 bits per heavy atom. The highest BCUT2D eigenvalue weighted by Crippen LogP contribution is 2.37. The first-order valence-corrected chi connectivity index (χ1v) is 7.21. The molecule has 0 aliphatic heterocycles. The van der Waals surface area contributed by atoms with Crippen LogP contribution in [0.1, 0.15) is 11.1 Å². The Bertz CT molecular complexity index is 924. The molecule has 2 aromatic heterocycles. The summed E-state index contributed by atoms with van der Waals surface area (Å²) in [6.07, 6.45) is 0. The molecule has 2 heterocycles. The van der Waals surface area contributed by atoms with Crippen molar-refractivity contribution in [2.24, 2.45) is 0 Å². The maximum atomic E-state index is 14.6. The van der Waals surface area contributed by atoms with E-state index in [1.165, 1.54) is 0 Å². The van der Waals surface area contributed by atoms with E-state index in [0.717, 1.165) is 23.5 Å². The zero-order valence-corrected chi connectivity index (χ0v) is 12.0. The molecule has 0 aliphatic rings. The summed E-state index contributed by atoms with van der Waals surface area (Å²) in [6, 6.07) is 0. The summed E-state index contributed by atoms with van der Waals surface area (Å²) in [4.78, 5) is 0. The van der Waals surface area contributed by atoms with Crippen molar-refractivity contribution in [2.75, 3.05) is 0 Å². The Labute approximate surface area is 119 Å². The first kappa shape index (κ1) is 12.0. The van der Waals surface area contributed by atoms with Gasteiger partial charge in [-0.25, -0.2) is 8.78 Å². The number of aromatic nitrogens is 4. The molecule has 4 nitrogen and oxygen atoms in total. The van der Waals surface area contributed by atoms with Gasteiger partial charge >= 0.3 is 0 Å². The second kappa shape index (κ2) is 3.86. The Morgan fingerprint density at radius 3 is 1.40 bits per heavy atom. The van der Waals surface area contributed by atoms with Gasteiger partial charge in [0.05, 0.1) is 34.2 Å². The number of nitrogens with zero attached hydrogens (tertiary/aromatic N) is 4. The van der Waals surface area contributed by atoms with Crippen LogP contribution < -0.4 is 0 Å². The number of halogens is 2. The van der Waals surface area contributed by atoms with Gasteiger partial charge in [-0.3, -0.25) is 0 Å². The maximum Gasteiger partial charge on any atom is 0.138 e. The van der Waals surface area contributed by atoms with Gasteiger partial charge in [0.25, 0.3) is 0 Å². The van der Waals surface area contributed by atoms with Crippen LogP contribution in [0.5, 0.6) is 0 Å². The summed E-state index contributed by atoms with van der Waals surface area (Å²) in [7, 11) is 0. The van der Waals surface area contributed by atoms with Crippen molar-refractivity contribution < 1.29 is 8.78 Å². The number of benzene rings is 2. The fourth-order valence-electron chi connectivity index (χ4n) is 2.44. The minimum Gasteiger partial charge on any atom is -0.206 e. The van der Waals surface area contributed by atoms with Crippen LogP contribution in [0.15, 0.2) is 0 Å². The van der Waals surface area contributed by atoms with Gasteiger partial charge in [-0.05, 0) is 13.8 Å². The molecule has 0 spiro atoms. The van der Waals surface area contributed by atoms with Crippen LogP contribution in [0.4, 0.5) is 8.78 Å². The average molecular weight is 308 g/mol. The quantitative estimate of drug-likeness (QED) is 0.496. The van der Waals surface area contributed by atoms with Crippen molar-refractivity contribution >= 4 is 56.3 Å². The van der Waals surface area contributed by atoms with Gasteiger partial charge in [0.1, 0.15) is 33.7 Å². The summed E-state index contributed by atoms with van der Waals surface area (Å²) >= 11 is 1.89. The fourth-order valence-corrected chi connectivity index (χ4v) is 3.65. The predicted molar refractivity (Wildman–Crippen MR) is 75.3 cm³/mol. The highest BCUT2D eigenvalue weighted by atomic mass is 32.1. The molecule has 0 saturated carbocycles. The van der Waals surface area contributed by atoms with E-state index < -0.39 is 11.6 Å². The largest absolute Gasteiger partial charge is 0.206 e. The lowest BCUT2D eigenvalue weighted by Gasteiger charge is -2.08. The van der Waals surface area contributed by atoms with Gasteiger partial charge in [0.2, 0.25) is 0 Å². The SMILES string of the molecule is Cc1c(F)c2c3nsnc3c(C)c(F)c2c2nsnc12. The highest BCUT2D eigenvalue weighted by molar-refractivity contribution is 7.00. The topological polar surface area (TPSA) is 51.6 Å². The number of hydrogen-bond donors (Lipinski definition) is 0. The molecule has 0 atom stereocenters. The monoisotopic (exact) mass is 308 g/mol. The van der Waals surface area contributed by atoms with Crippen LogP contribution in [-0.4, -0.2) is 17.5 Å². The summed E-state index contributed by atoms with van der Waals surface area (Å²) in [5.41, 5.74) is 2.30. The van der Waals surface area contributed by atoms with Gasteiger partial charge in [0.15, 0.2) is 0 Å². The summed E-state index contributed by atoms with van der Waals surface area (Å²) in [5, 5.41) is 0.295. The molecule has 8 heteroatoms. The first-order chi connectivity index (χ1) is 9.61. The summed E-state index contributed by atoms with van der Waals surface area (Å²) < 4.78 is 45.6. The molecule has 4 aromatic rings. The van der Waals surface area contributed by atoms with E-state index in [2.05, 4.69) is 17.5 Å². The molecule has 0 radical (unpaired) electrons. The second-order valence-corrected chi connectivity index (χ2v) is 5.61. The first-order valence-electron chi connectivity index (χ1n) is 5.75. The number of rotatable bonds is 0. The predicted octanol–water partition coefficient (Wildman–Crippen LogP) is 3.74. The van der Waals surface area contributed by atoms with Crippen molar-refractivity contribution in [3.63, 3.8) is 0 Å². The fraction of sp³-hybridized carbons (Fsp3) is 0.167. The summed E-state index contributed by atoms with van der Waals surface area (Å²) in [6.45, 7) is 3.23. The maximum absolute atomic E-state index is 14.6. The lowest BCUT2D eigenvalue weighted by molar-refractivity contribution is 0.623. The van der Waals surface area contributed by atoms with Crippen LogP contribution >= 0.6 is 23.5 Å². The number of aryl methyl sites for hydroxylation is 2. The molecule has 100 valence electrons. The third kappa shape index (κ3) is 1.27. The minimum atomic E-state index is -0.503. The zero-order chi connectivity index (χ0) is 14.0. The van der Waals surface area contributed by atoms with Crippen molar-refractivity contribution in [1.82, 2.24) is 17.5 Å². The molecule has 20 heavy (non-hydrogen) atoms. The molecule has 0 aliphatic carbocycles. The molecule has 0 fully saturated rings. The number of hydrogen-bond acceptors (Lipinski definition) is 6. The standard InChI is InChI=1S/C12H6F2N4S2/c1-3-7(13)5-6(11-9(3)15-19-17-11)8(14)4(2)10-12(5)18-20-16-10/h1-2H3. The molecule has 0 N–H and O–H groups in total. The van der Waals surface area contributed by atoms with Crippen molar-refractivity contribution in [1.29, 1.82) is 0 Å². The van der Waals surface area contributed by atoms with E-state index in [1.807, 2.05) is 0 Å². The smallest absolute Gasteiger partial charge is 0.138 e. The molecular weight excluding hydrogens is 302 g/mol. The van der Waals surface area contributed by atoms with Crippen molar-refractivity contribution in [3.8, 4) is 0 Å².